The van der Waals surface area contributed by atoms with Crippen molar-refractivity contribution in [2.75, 3.05) is 11.9 Å². The van der Waals surface area contributed by atoms with Crippen LogP contribution in [-0.4, -0.2) is 21.4 Å². The maximum Gasteiger partial charge on any atom is 0.159 e. The molecule has 1 atom stereocenters. The van der Waals surface area contributed by atoms with Gasteiger partial charge in [-0.25, -0.2) is 8.78 Å². The second-order valence-electron chi connectivity index (χ2n) is 4.59. The molecule has 0 amide bonds. The van der Waals surface area contributed by atoms with Crippen LogP contribution in [0.5, 0.6) is 0 Å². The molecule has 0 saturated heterocycles. The molecule has 2 rings (SSSR count). The average molecular weight is 281 g/mol. The van der Waals surface area contributed by atoms with Crippen LogP contribution in [0.1, 0.15) is 24.3 Å². The maximum absolute atomic E-state index is 13.1. The van der Waals surface area contributed by atoms with E-state index in [1.54, 1.807) is 4.68 Å². The molecule has 0 bridgehead atoms. The molecule has 0 spiro atoms. The number of nitrogens with zero attached hydrogens (tertiary/aromatic N) is 2. The number of aliphatic hydroxyl groups is 1. The SMILES string of the molecule is CCc1nn(C)cc1NCC(O)c1ccc(F)c(F)c1. The van der Waals surface area contributed by atoms with Crippen LogP contribution in [0.15, 0.2) is 24.4 Å². The van der Waals surface area contributed by atoms with Crippen LogP contribution in [0.4, 0.5) is 14.5 Å². The summed E-state index contributed by atoms with van der Waals surface area (Å²) in [4.78, 5) is 0. The molecule has 0 radical (unpaired) electrons. The lowest BCUT2D eigenvalue weighted by Crippen LogP contribution is -2.13. The van der Waals surface area contributed by atoms with E-state index in [-0.39, 0.29) is 6.54 Å². The van der Waals surface area contributed by atoms with Crippen molar-refractivity contribution < 1.29 is 13.9 Å². The molecule has 0 fully saturated rings. The quantitative estimate of drug-likeness (QED) is 0.885. The van der Waals surface area contributed by atoms with Crippen LogP contribution >= 0.6 is 0 Å². The molecular weight excluding hydrogens is 264 g/mol. The van der Waals surface area contributed by atoms with Crippen LogP contribution in [-0.2, 0) is 13.5 Å². The third kappa shape index (κ3) is 3.14. The average Bonchev–Trinajstić information content (AvgIpc) is 2.79. The van der Waals surface area contributed by atoms with E-state index >= 15 is 0 Å². The minimum atomic E-state index is -0.961. The van der Waals surface area contributed by atoms with E-state index in [0.717, 1.165) is 29.9 Å². The number of halogens is 2. The topological polar surface area (TPSA) is 50.1 Å². The number of aromatic nitrogens is 2. The van der Waals surface area contributed by atoms with Gasteiger partial charge in [-0.05, 0) is 24.1 Å². The molecule has 1 aromatic carbocycles. The number of hydrogen-bond acceptors (Lipinski definition) is 3. The molecule has 0 saturated carbocycles. The van der Waals surface area contributed by atoms with Gasteiger partial charge in [0.25, 0.3) is 0 Å². The highest BCUT2D eigenvalue weighted by molar-refractivity contribution is 5.46. The monoisotopic (exact) mass is 281 g/mol. The van der Waals surface area contributed by atoms with Gasteiger partial charge in [0.1, 0.15) is 0 Å². The van der Waals surface area contributed by atoms with Gasteiger partial charge in [0, 0.05) is 19.8 Å². The first kappa shape index (κ1) is 14.5. The van der Waals surface area contributed by atoms with Crippen molar-refractivity contribution in [3.05, 3.63) is 47.3 Å². The number of rotatable bonds is 5. The Bertz CT molecular complexity index is 598. The maximum atomic E-state index is 13.1. The molecule has 6 heteroatoms. The number of aliphatic hydroxyl groups excluding tert-OH is 1. The van der Waals surface area contributed by atoms with Crippen molar-refractivity contribution in [2.45, 2.75) is 19.4 Å². The third-order valence-corrected chi connectivity index (χ3v) is 3.05. The Hall–Kier alpha value is -1.95. The van der Waals surface area contributed by atoms with Gasteiger partial charge >= 0.3 is 0 Å². The van der Waals surface area contributed by atoms with Crippen molar-refractivity contribution in [3.63, 3.8) is 0 Å². The molecule has 1 unspecified atom stereocenters. The van der Waals surface area contributed by atoms with Gasteiger partial charge < -0.3 is 10.4 Å². The third-order valence-electron chi connectivity index (χ3n) is 3.05. The predicted octanol–water partition coefficient (Wildman–Crippen LogP) is 2.41. The summed E-state index contributed by atoms with van der Waals surface area (Å²) in [6, 6.07) is 3.38. The molecule has 4 nitrogen and oxygen atoms in total. The highest BCUT2D eigenvalue weighted by Crippen LogP contribution is 2.19. The lowest BCUT2D eigenvalue weighted by Gasteiger charge is -2.13. The smallest absolute Gasteiger partial charge is 0.159 e. The summed E-state index contributed by atoms with van der Waals surface area (Å²) in [5.74, 6) is -1.88. The van der Waals surface area contributed by atoms with Crippen molar-refractivity contribution in [1.82, 2.24) is 9.78 Å². The van der Waals surface area contributed by atoms with Crippen molar-refractivity contribution in [3.8, 4) is 0 Å². The zero-order valence-corrected chi connectivity index (χ0v) is 11.4. The highest BCUT2D eigenvalue weighted by Gasteiger charge is 2.12. The Kier molecular flexibility index (Phi) is 4.34. The fraction of sp³-hybridized carbons (Fsp3) is 0.357. The molecule has 0 aliphatic carbocycles. The van der Waals surface area contributed by atoms with E-state index in [9.17, 15) is 13.9 Å². The fourth-order valence-electron chi connectivity index (χ4n) is 1.99. The van der Waals surface area contributed by atoms with Gasteiger partial charge in [-0.2, -0.15) is 5.10 Å². The molecule has 1 heterocycles. The van der Waals surface area contributed by atoms with Crippen molar-refractivity contribution >= 4 is 5.69 Å². The lowest BCUT2D eigenvalue weighted by atomic mass is 10.1. The minimum absolute atomic E-state index is 0.198. The van der Waals surface area contributed by atoms with Crippen LogP contribution in [0.2, 0.25) is 0 Å². The van der Waals surface area contributed by atoms with Crippen molar-refractivity contribution in [2.24, 2.45) is 7.05 Å². The molecular formula is C14H17F2N3O. The van der Waals surface area contributed by atoms with Crippen LogP contribution < -0.4 is 5.32 Å². The summed E-state index contributed by atoms with van der Waals surface area (Å²) in [5, 5.41) is 17.3. The second-order valence-corrected chi connectivity index (χ2v) is 4.59. The summed E-state index contributed by atoms with van der Waals surface area (Å²) < 4.78 is 27.6. The van der Waals surface area contributed by atoms with E-state index in [1.165, 1.54) is 6.07 Å². The lowest BCUT2D eigenvalue weighted by molar-refractivity contribution is 0.191. The van der Waals surface area contributed by atoms with Gasteiger partial charge in [0.05, 0.1) is 17.5 Å². The van der Waals surface area contributed by atoms with Crippen LogP contribution in [0.3, 0.4) is 0 Å². The minimum Gasteiger partial charge on any atom is -0.387 e. The Morgan fingerprint density at radius 1 is 1.35 bits per heavy atom. The number of aryl methyl sites for hydroxylation is 2. The zero-order valence-electron chi connectivity index (χ0n) is 11.4. The number of benzene rings is 1. The van der Waals surface area contributed by atoms with Gasteiger partial charge in [-0.3, -0.25) is 4.68 Å². The van der Waals surface area contributed by atoms with Crippen LogP contribution in [0.25, 0.3) is 0 Å². The molecule has 2 N–H and O–H groups in total. The van der Waals surface area contributed by atoms with Crippen molar-refractivity contribution in [1.29, 1.82) is 0 Å². The second kappa shape index (κ2) is 6.00. The molecule has 1 aromatic heterocycles. The first-order valence-corrected chi connectivity index (χ1v) is 6.40. The molecule has 0 aliphatic heterocycles. The summed E-state index contributed by atoms with van der Waals surface area (Å²) in [6.45, 7) is 2.18. The number of hydrogen-bond donors (Lipinski definition) is 2. The van der Waals surface area contributed by atoms with Gasteiger partial charge in [0.15, 0.2) is 11.6 Å². The Labute approximate surface area is 116 Å². The summed E-state index contributed by atoms with van der Waals surface area (Å²) in [5.41, 5.74) is 2.06. The molecule has 2 aromatic rings. The Morgan fingerprint density at radius 2 is 2.10 bits per heavy atom. The molecule has 0 aliphatic rings. The standard InChI is InChI=1S/C14H17F2N3O/c1-3-12-13(8-19(2)18-12)17-7-14(20)9-4-5-10(15)11(16)6-9/h4-6,8,14,17,20H,3,7H2,1-2H3. The first-order chi connectivity index (χ1) is 9.51. The zero-order chi connectivity index (χ0) is 14.7. The fourth-order valence-corrected chi connectivity index (χ4v) is 1.99. The summed E-state index contributed by atoms with van der Waals surface area (Å²) >= 11 is 0. The number of nitrogens with one attached hydrogen (secondary N) is 1. The highest BCUT2D eigenvalue weighted by atomic mass is 19.2. The summed E-state index contributed by atoms with van der Waals surface area (Å²) in [6.07, 6.45) is 1.66. The van der Waals surface area contributed by atoms with E-state index < -0.39 is 17.7 Å². The first-order valence-electron chi connectivity index (χ1n) is 6.40. The number of anilines is 1. The molecule has 108 valence electrons. The van der Waals surface area contributed by atoms with Gasteiger partial charge in [-0.15, -0.1) is 0 Å². The van der Waals surface area contributed by atoms with E-state index in [4.69, 9.17) is 0 Å². The normalized spacial score (nSPS) is 12.4. The summed E-state index contributed by atoms with van der Waals surface area (Å²) in [7, 11) is 1.82. The Morgan fingerprint density at radius 3 is 2.75 bits per heavy atom. The Balaban J connectivity index is 2.04. The molecule has 20 heavy (non-hydrogen) atoms. The largest absolute Gasteiger partial charge is 0.387 e. The van der Waals surface area contributed by atoms with Gasteiger partial charge in [-0.1, -0.05) is 13.0 Å². The van der Waals surface area contributed by atoms with E-state index in [1.807, 2.05) is 20.2 Å². The van der Waals surface area contributed by atoms with Gasteiger partial charge in [0.2, 0.25) is 0 Å². The van der Waals surface area contributed by atoms with E-state index in [0.29, 0.717) is 5.56 Å². The van der Waals surface area contributed by atoms with Crippen LogP contribution in [0, 0.1) is 11.6 Å². The predicted molar refractivity (Wildman–Crippen MR) is 72.4 cm³/mol. The van der Waals surface area contributed by atoms with E-state index in [2.05, 4.69) is 10.4 Å².